The number of hydrogen-bond acceptors (Lipinski definition) is 6. The summed E-state index contributed by atoms with van der Waals surface area (Å²) in [6.45, 7) is 5.94. The molecule has 0 radical (unpaired) electrons. The molecule has 0 aromatic carbocycles. The lowest BCUT2D eigenvalue weighted by Crippen LogP contribution is -2.35. The smallest absolute Gasteiger partial charge is 0.208 e. The molecule has 4 rings (SSSR count). The van der Waals surface area contributed by atoms with Gasteiger partial charge in [0, 0.05) is 17.6 Å². The topological polar surface area (TPSA) is 54.2 Å². The van der Waals surface area contributed by atoms with Crippen molar-refractivity contribution in [1.29, 1.82) is 0 Å². The molecule has 1 saturated heterocycles. The van der Waals surface area contributed by atoms with Crippen molar-refractivity contribution >= 4 is 11.3 Å². The number of aryl methyl sites for hydroxylation is 1. The van der Waals surface area contributed by atoms with Crippen LogP contribution >= 0.6 is 11.3 Å². The van der Waals surface area contributed by atoms with Crippen LogP contribution in [0.4, 0.5) is 0 Å². The van der Waals surface area contributed by atoms with Crippen LogP contribution in [0.25, 0.3) is 0 Å². The minimum atomic E-state index is 0.518. The third-order valence-electron chi connectivity index (χ3n) is 5.02. The molecular weight excluding hydrogens is 296 g/mol. The van der Waals surface area contributed by atoms with E-state index in [2.05, 4.69) is 25.6 Å². The fourth-order valence-electron chi connectivity index (χ4n) is 3.73. The summed E-state index contributed by atoms with van der Waals surface area (Å²) < 4.78 is 5.70. The number of hydrogen-bond donors (Lipinski definition) is 1. The lowest BCUT2D eigenvalue weighted by molar-refractivity contribution is 0.172. The molecule has 0 bridgehead atoms. The standard InChI is InChI=1S/C16H22N4OS/c1-12-9-19-14(21-12)10-20(11-15-18-6-7-22-15)13-8-16(13)2-4-17-5-3-16/h6-7,9,13,17H,2-5,8,10-11H2,1H3/t13-/m1/s1. The van der Waals surface area contributed by atoms with Crippen LogP contribution in [0.15, 0.2) is 22.2 Å². The van der Waals surface area contributed by atoms with Gasteiger partial charge in [0.15, 0.2) is 0 Å². The van der Waals surface area contributed by atoms with Crippen molar-refractivity contribution in [3.8, 4) is 0 Å². The molecule has 1 aliphatic carbocycles. The van der Waals surface area contributed by atoms with Crippen LogP contribution in [0.5, 0.6) is 0 Å². The van der Waals surface area contributed by atoms with Gasteiger partial charge in [-0.3, -0.25) is 4.90 Å². The van der Waals surface area contributed by atoms with Gasteiger partial charge >= 0.3 is 0 Å². The number of nitrogens with zero attached hydrogens (tertiary/aromatic N) is 3. The predicted molar refractivity (Wildman–Crippen MR) is 85.5 cm³/mol. The van der Waals surface area contributed by atoms with Gasteiger partial charge in [-0.1, -0.05) is 0 Å². The molecular formula is C16H22N4OS. The van der Waals surface area contributed by atoms with Crippen molar-refractivity contribution < 1.29 is 4.42 Å². The summed E-state index contributed by atoms with van der Waals surface area (Å²) in [6.07, 6.45) is 7.58. The maximum atomic E-state index is 5.70. The first-order valence-corrected chi connectivity index (χ1v) is 8.88. The van der Waals surface area contributed by atoms with Crippen molar-refractivity contribution in [3.63, 3.8) is 0 Å². The van der Waals surface area contributed by atoms with E-state index < -0.39 is 0 Å². The quantitative estimate of drug-likeness (QED) is 0.918. The normalized spacial score (nSPS) is 23.3. The Labute approximate surface area is 134 Å². The first-order chi connectivity index (χ1) is 10.8. The molecule has 0 amide bonds. The van der Waals surface area contributed by atoms with Crippen molar-refractivity contribution in [2.75, 3.05) is 13.1 Å². The highest BCUT2D eigenvalue weighted by molar-refractivity contribution is 7.09. The Kier molecular flexibility index (Phi) is 3.76. The van der Waals surface area contributed by atoms with Gasteiger partial charge in [0.1, 0.15) is 10.8 Å². The molecule has 2 aromatic rings. The summed E-state index contributed by atoms with van der Waals surface area (Å²) in [5.41, 5.74) is 0.518. The van der Waals surface area contributed by atoms with Crippen LogP contribution in [-0.2, 0) is 13.1 Å². The zero-order chi connectivity index (χ0) is 15.0. The molecule has 3 heterocycles. The minimum Gasteiger partial charge on any atom is -0.445 e. The van der Waals surface area contributed by atoms with Gasteiger partial charge in [0.2, 0.25) is 5.89 Å². The Bertz CT molecular complexity index is 618. The summed E-state index contributed by atoms with van der Waals surface area (Å²) in [4.78, 5) is 11.4. The first kappa shape index (κ1) is 14.4. The van der Waals surface area contributed by atoms with Gasteiger partial charge < -0.3 is 9.73 Å². The molecule has 0 unspecified atom stereocenters. The van der Waals surface area contributed by atoms with Crippen LogP contribution in [0.1, 0.15) is 35.9 Å². The van der Waals surface area contributed by atoms with E-state index in [0.717, 1.165) is 37.8 Å². The highest BCUT2D eigenvalue weighted by atomic mass is 32.1. The molecule has 2 fully saturated rings. The number of rotatable bonds is 5. The molecule has 1 aliphatic heterocycles. The highest BCUT2D eigenvalue weighted by Crippen LogP contribution is 2.56. The lowest BCUT2D eigenvalue weighted by Gasteiger charge is -2.28. The van der Waals surface area contributed by atoms with Gasteiger partial charge in [0.05, 0.1) is 19.3 Å². The molecule has 118 valence electrons. The van der Waals surface area contributed by atoms with Gasteiger partial charge in [0.25, 0.3) is 0 Å². The fraction of sp³-hybridized carbons (Fsp3) is 0.625. The Balaban J connectivity index is 1.50. The second-order valence-electron chi connectivity index (χ2n) is 6.53. The largest absolute Gasteiger partial charge is 0.445 e. The summed E-state index contributed by atoms with van der Waals surface area (Å²) in [7, 11) is 0. The number of piperidine rings is 1. The number of aromatic nitrogens is 2. The number of nitrogens with one attached hydrogen (secondary N) is 1. The highest BCUT2D eigenvalue weighted by Gasteiger charge is 2.56. The van der Waals surface area contributed by atoms with E-state index in [0.29, 0.717) is 11.5 Å². The average Bonchev–Trinajstić information content (AvgIpc) is 2.90. The summed E-state index contributed by atoms with van der Waals surface area (Å²) in [5, 5.41) is 6.71. The Morgan fingerprint density at radius 1 is 1.36 bits per heavy atom. The Morgan fingerprint density at radius 3 is 2.91 bits per heavy atom. The van der Waals surface area contributed by atoms with Crippen molar-refractivity contribution in [3.05, 3.63) is 34.4 Å². The van der Waals surface area contributed by atoms with Crippen LogP contribution in [0.2, 0.25) is 0 Å². The lowest BCUT2D eigenvalue weighted by atomic mass is 9.93. The molecule has 22 heavy (non-hydrogen) atoms. The molecule has 6 heteroatoms. The molecule has 1 spiro atoms. The average molecular weight is 318 g/mol. The van der Waals surface area contributed by atoms with E-state index in [1.807, 2.05) is 19.3 Å². The Hall–Kier alpha value is -1.24. The van der Waals surface area contributed by atoms with E-state index in [4.69, 9.17) is 4.42 Å². The van der Waals surface area contributed by atoms with Gasteiger partial charge in [-0.15, -0.1) is 11.3 Å². The maximum absolute atomic E-state index is 5.70. The predicted octanol–water partition coefficient (Wildman–Crippen LogP) is 2.58. The van der Waals surface area contributed by atoms with Crippen LogP contribution in [0, 0.1) is 12.3 Å². The second kappa shape index (κ2) is 5.76. The van der Waals surface area contributed by atoms with Crippen LogP contribution in [0.3, 0.4) is 0 Å². The van der Waals surface area contributed by atoms with E-state index in [-0.39, 0.29) is 0 Å². The minimum absolute atomic E-state index is 0.518. The van der Waals surface area contributed by atoms with Gasteiger partial charge in [-0.25, -0.2) is 9.97 Å². The number of thiazole rings is 1. The third-order valence-corrected chi connectivity index (χ3v) is 5.78. The zero-order valence-corrected chi connectivity index (χ0v) is 13.7. The monoisotopic (exact) mass is 318 g/mol. The second-order valence-corrected chi connectivity index (χ2v) is 7.51. The maximum Gasteiger partial charge on any atom is 0.208 e. The first-order valence-electron chi connectivity index (χ1n) is 8.00. The van der Waals surface area contributed by atoms with Crippen LogP contribution in [-0.4, -0.2) is 34.0 Å². The van der Waals surface area contributed by atoms with Gasteiger partial charge in [-0.2, -0.15) is 0 Å². The van der Waals surface area contributed by atoms with E-state index >= 15 is 0 Å². The molecule has 2 aliphatic rings. The molecule has 1 atom stereocenters. The van der Waals surface area contributed by atoms with Crippen LogP contribution < -0.4 is 5.32 Å². The Morgan fingerprint density at radius 2 is 2.23 bits per heavy atom. The zero-order valence-electron chi connectivity index (χ0n) is 12.9. The third kappa shape index (κ3) is 2.83. The molecule has 1 N–H and O–H groups in total. The summed E-state index contributed by atoms with van der Waals surface area (Å²) in [6, 6.07) is 0.644. The van der Waals surface area contributed by atoms with E-state index in [1.54, 1.807) is 11.3 Å². The summed E-state index contributed by atoms with van der Waals surface area (Å²) >= 11 is 1.73. The number of oxazole rings is 1. The molecule has 2 aromatic heterocycles. The van der Waals surface area contributed by atoms with Crippen molar-refractivity contribution in [2.24, 2.45) is 5.41 Å². The van der Waals surface area contributed by atoms with E-state index in [9.17, 15) is 0 Å². The molecule has 5 nitrogen and oxygen atoms in total. The fourth-order valence-corrected chi connectivity index (χ4v) is 4.37. The SMILES string of the molecule is Cc1cnc(CN(Cc2nccs2)[C@@H]2CC23CCNCC3)o1. The van der Waals surface area contributed by atoms with Gasteiger partial charge in [-0.05, 0) is 44.7 Å². The van der Waals surface area contributed by atoms with E-state index in [1.165, 1.54) is 24.3 Å². The van der Waals surface area contributed by atoms with Crippen molar-refractivity contribution in [2.45, 2.75) is 45.3 Å². The summed E-state index contributed by atoms with van der Waals surface area (Å²) in [5.74, 6) is 1.71. The van der Waals surface area contributed by atoms with Crippen molar-refractivity contribution in [1.82, 2.24) is 20.2 Å². The molecule has 1 saturated carbocycles.